The number of nitrogens with zero attached hydrogens (tertiary/aromatic N) is 2. The molecule has 4 aromatic rings. The second-order valence-corrected chi connectivity index (χ2v) is 9.45. The van der Waals surface area contributed by atoms with Crippen LogP contribution in [-0.2, 0) is 4.79 Å². The largest absolute Gasteiger partial charge is 0.490 e. The van der Waals surface area contributed by atoms with Crippen molar-refractivity contribution in [3.63, 3.8) is 0 Å². The van der Waals surface area contributed by atoms with Gasteiger partial charge in [-0.25, -0.2) is 4.98 Å². The van der Waals surface area contributed by atoms with Crippen LogP contribution < -0.4 is 20.2 Å². The molecule has 2 N–H and O–H groups in total. The summed E-state index contributed by atoms with van der Waals surface area (Å²) in [4.78, 5) is 16.9. The molecular formula is C27H25BrN4O3S. The van der Waals surface area contributed by atoms with Gasteiger partial charge in [-0.1, -0.05) is 48.0 Å². The van der Waals surface area contributed by atoms with Gasteiger partial charge in [-0.05, 0) is 59.6 Å². The quantitative estimate of drug-likeness (QED) is 0.164. The first-order valence-corrected chi connectivity index (χ1v) is 12.9. The molecule has 1 aromatic heterocycles. The molecular weight excluding hydrogens is 540 g/mol. The Morgan fingerprint density at radius 2 is 1.89 bits per heavy atom. The fourth-order valence-electron chi connectivity index (χ4n) is 3.27. The SMILES string of the molecule is CCOc1cc(C=NNc2nc(-c3ccccc3)cs2)cc(Br)c1OCC(=O)Nc1ccc(C)cc1. The second kappa shape index (κ2) is 12.3. The third-order valence-corrected chi connectivity index (χ3v) is 6.30. The number of carbonyl (C=O) groups is 1. The minimum atomic E-state index is -0.263. The number of halogens is 1. The number of rotatable bonds is 10. The van der Waals surface area contributed by atoms with E-state index in [1.165, 1.54) is 11.3 Å². The van der Waals surface area contributed by atoms with Crippen molar-refractivity contribution in [2.24, 2.45) is 5.10 Å². The fourth-order valence-corrected chi connectivity index (χ4v) is 4.51. The van der Waals surface area contributed by atoms with E-state index in [0.29, 0.717) is 33.4 Å². The van der Waals surface area contributed by atoms with Crippen molar-refractivity contribution in [1.29, 1.82) is 0 Å². The first-order valence-electron chi connectivity index (χ1n) is 11.3. The zero-order valence-electron chi connectivity index (χ0n) is 19.8. The van der Waals surface area contributed by atoms with Crippen molar-refractivity contribution in [1.82, 2.24) is 4.98 Å². The van der Waals surface area contributed by atoms with Crippen LogP contribution in [0, 0.1) is 6.92 Å². The van der Waals surface area contributed by atoms with Gasteiger partial charge in [0.05, 0.1) is 23.0 Å². The highest BCUT2D eigenvalue weighted by Crippen LogP contribution is 2.36. The van der Waals surface area contributed by atoms with Crippen molar-refractivity contribution in [2.45, 2.75) is 13.8 Å². The Bertz CT molecular complexity index is 1340. The molecule has 0 bridgehead atoms. The Morgan fingerprint density at radius 1 is 1.11 bits per heavy atom. The third kappa shape index (κ3) is 6.93. The molecule has 4 rings (SSSR count). The summed E-state index contributed by atoms with van der Waals surface area (Å²) in [6, 6.07) is 21.2. The van der Waals surface area contributed by atoms with Crippen LogP contribution in [0.1, 0.15) is 18.1 Å². The monoisotopic (exact) mass is 564 g/mol. The average Bonchev–Trinajstić information content (AvgIpc) is 3.35. The highest BCUT2D eigenvalue weighted by Gasteiger charge is 2.14. The maximum atomic E-state index is 12.4. The third-order valence-electron chi connectivity index (χ3n) is 4.96. The van der Waals surface area contributed by atoms with Crippen LogP contribution in [0.5, 0.6) is 11.5 Å². The maximum Gasteiger partial charge on any atom is 0.262 e. The summed E-state index contributed by atoms with van der Waals surface area (Å²) in [7, 11) is 0. The highest BCUT2D eigenvalue weighted by atomic mass is 79.9. The molecule has 7 nitrogen and oxygen atoms in total. The number of hydrogen-bond donors (Lipinski definition) is 2. The van der Waals surface area contributed by atoms with E-state index in [1.807, 2.05) is 86.0 Å². The molecule has 3 aromatic carbocycles. The van der Waals surface area contributed by atoms with Crippen LogP contribution in [0.4, 0.5) is 10.8 Å². The summed E-state index contributed by atoms with van der Waals surface area (Å²) in [5.41, 5.74) is 7.55. The summed E-state index contributed by atoms with van der Waals surface area (Å²) in [5.74, 6) is 0.701. The first kappa shape index (κ1) is 25.4. The minimum absolute atomic E-state index is 0.157. The van der Waals surface area contributed by atoms with Gasteiger partial charge >= 0.3 is 0 Å². The van der Waals surface area contributed by atoms with Crippen LogP contribution in [0.3, 0.4) is 0 Å². The number of nitrogens with one attached hydrogen (secondary N) is 2. The summed E-state index contributed by atoms with van der Waals surface area (Å²) >= 11 is 5.01. The van der Waals surface area contributed by atoms with Crippen LogP contribution in [0.25, 0.3) is 11.3 Å². The molecule has 0 aliphatic carbocycles. The van der Waals surface area contributed by atoms with Crippen molar-refractivity contribution >= 4 is 50.2 Å². The number of aromatic nitrogens is 1. The van der Waals surface area contributed by atoms with E-state index in [4.69, 9.17) is 9.47 Å². The van der Waals surface area contributed by atoms with Crippen molar-refractivity contribution in [3.8, 4) is 22.8 Å². The van der Waals surface area contributed by atoms with Crippen molar-refractivity contribution in [3.05, 3.63) is 87.7 Å². The Morgan fingerprint density at radius 3 is 2.64 bits per heavy atom. The number of aryl methyl sites for hydroxylation is 1. The topological polar surface area (TPSA) is 84.8 Å². The lowest BCUT2D eigenvalue weighted by molar-refractivity contribution is -0.118. The summed E-state index contributed by atoms with van der Waals surface area (Å²) in [5, 5.41) is 9.81. The Labute approximate surface area is 222 Å². The lowest BCUT2D eigenvalue weighted by Gasteiger charge is -2.14. The molecule has 0 saturated heterocycles. The molecule has 184 valence electrons. The molecule has 0 spiro atoms. The Hall–Kier alpha value is -3.69. The summed E-state index contributed by atoms with van der Waals surface area (Å²) in [6.45, 7) is 4.16. The van der Waals surface area contributed by atoms with Crippen LogP contribution >= 0.6 is 27.3 Å². The number of amides is 1. The lowest BCUT2D eigenvalue weighted by Crippen LogP contribution is -2.20. The number of anilines is 2. The molecule has 1 amide bonds. The summed E-state index contributed by atoms with van der Waals surface area (Å²) in [6.07, 6.45) is 1.67. The zero-order chi connectivity index (χ0) is 25.3. The number of benzene rings is 3. The molecule has 0 aliphatic rings. The number of hydrazone groups is 1. The van der Waals surface area contributed by atoms with Gasteiger partial charge in [0.25, 0.3) is 5.91 Å². The Balaban J connectivity index is 1.39. The van der Waals surface area contributed by atoms with Crippen LogP contribution in [0.15, 0.2) is 81.7 Å². The van der Waals surface area contributed by atoms with E-state index in [-0.39, 0.29) is 12.5 Å². The van der Waals surface area contributed by atoms with Gasteiger partial charge in [-0.2, -0.15) is 5.10 Å². The molecule has 36 heavy (non-hydrogen) atoms. The number of ether oxygens (including phenoxy) is 2. The highest BCUT2D eigenvalue weighted by molar-refractivity contribution is 9.10. The van der Waals surface area contributed by atoms with Gasteiger partial charge in [-0.3, -0.25) is 10.2 Å². The molecule has 1 heterocycles. The Kier molecular flexibility index (Phi) is 8.70. The van der Waals surface area contributed by atoms with E-state index in [0.717, 1.165) is 22.4 Å². The zero-order valence-corrected chi connectivity index (χ0v) is 22.2. The normalized spacial score (nSPS) is 10.9. The van der Waals surface area contributed by atoms with Gasteiger partial charge < -0.3 is 14.8 Å². The second-order valence-electron chi connectivity index (χ2n) is 7.74. The summed E-state index contributed by atoms with van der Waals surface area (Å²) < 4.78 is 12.2. The van der Waals surface area contributed by atoms with Gasteiger partial charge in [0.15, 0.2) is 18.1 Å². The molecule has 0 fully saturated rings. The van der Waals surface area contributed by atoms with Gasteiger partial charge in [0, 0.05) is 16.6 Å². The van der Waals surface area contributed by atoms with E-state index in [2.05, 4.69) is 36.8 Å². The fraction of sp³-hybridized carbons (Fsp3) is 0.148. The molecule has 0 saturated carbocycles. The number of thiazole rings is 1. The van der Waals surface area contributed by atoms with Crippen LogP contribution in [-0.4, -0.2) is 30.3 Å². The van der Waals surface area contributed by atoms with Gasteiger partial charge in [0.2, 0.25) is 5.13 Å². The standard InChI is InChI=1S/C27H25BrN4O3S/c1-3-34-24-14-19(15-29-32-27-31-23(17-36-27)20-7-5-4-6-8-20)13-22(28)26(24)35-16-25(33)30-21-11-9-18(2)10-12-21/h4-15,17H,3,16H2,1-2H3,(H,30,33)(H,31,32). The molecule has 0 atom stereocenters. The van der Waals surface area contributed by atoms with Crippen LogP contribution in [0.2, 0.25) is 0 Å². The lowest BCUT2D eigenvalue weighted by atomic mass is 10.2. The van der Waals surface area contributed by atoms with E-state index < -0.39 is 0 Å². The van der Waals surface area contributed by atoms with E-state index in [1.54, 1.807) is 6.21 Å². The smallest absolute Gasteiger partial charge is 0.262 e. The predicted molar refractivity (Wildman–Crippen MR) is 149 cm³/mol. The van der Waals surface area contributed by atoms with Gasteiger partial charge in [0.1, 0.15) is 0 Å². The molecule has 0 radical (unpaired) electrons. The van der Waals surface area contributed by atoms with E-state index in [9.17, 15) is 4.79 Å². The molecule has 0 aliphatic heterocycles. The van der Waals surface area contributed by atoms with Crippen molar-refractivity contribution < 1.29 is 14.3 Å². The predicted octanol–water partition coefficient (Wildman–Crippen LogP) is 6.74. The van der Waals surface area contributed by atoms with Gasteiger partial charge in [-0.15, -0.1) is 11.3 Å². The van der Waals surface area contributed by atoms with Crippen molar-refractivity contribution in [2.75, 3.05) is 24.0 Å². The maximum absolute atomic E-state index is 12.4. The first-order chi connectivity index (χ1) is 17.5. The van der Waals surface area contributed by atoms with E-state index >= 15 is 0 Å². The molecule has 9 heteroatoms. The number of carbonyl (C=O) groups excluding carboxylic acids is 1. The average molecular weight is 565 g/mol. The number of hydrogen-bond acceptors (Lipinski definition) is 7. The minimum Gasteiger partial charge on any atom is -0.490 e. The molecule has 0 unspecified atom stereocenters.